The number of esters is 1. The van der Waals surface area contributed by atoms with Gasteiger partial charge in [0.1, 0.15) is 5.00 Å². The first-order chi connectivity index (χ1) is 12.1. The molecule has 0 saturated heterocycles. The molecule has 0 bridgehead atoms. The number of benzene rings is 1. The van der Waals surface area contributed by atoms with E-state index < -0.39 is 5.97 Å². The molecule has 0 aliphatic carbocycles. The van der Waals surface area contributed by atoms with Crippen LogP contribution in [0.4, 0.5) is 5.00 Å². The van der Waals surface area contributed by atoms with Crippen molar-refractivity contribution in [2.75, 3.05) is 26.0 Å². The van der Waals surface area contributed by atoms with E-state index in [2.05, 4.69) is 10.2 Å². The first-order valence-electron chi connectivity index (χ1n) is 8.04. The molecule has 0 atom stereocenters. The molecule has 130 valence electrons. The summed E-state index contributed by atoms with van der Waals surface area (Å²) in [5, 5.41) is 3.41. The molecule has 25 heavy (non-hydrogen) atoms. The van der Waals surface area contributed by atoms with Crippen LogP contribution in [-0.2, 0) is 22.5 Å². The molecular weight excluding hydrogens is 336 g/mol. The van der Waals surface area contributed by atoms with Crippen LogP contribution in [0.5, 0.6) is 0 Å². The molecule has 5 nitrogen and oxygen atoms in total. The van der Waals surface area contributed by atoms with Gasteiger partial charge in [-0.2, -0.15) is 0 Å². The Balaban J connectivity index is 1.83. The summed E-state index contributed by atoms with van der Waals surface area (Å²) in [6.45, 7) is 1.66. The summed E-state index contributed by atoms with van der Waals surface area (Å²) in [5.74, 6) is -0.662. The largest absolute Gasteiger partial charge is 0.465 e. The number of carbonyl (C=O) groups excluding carboxylic acids is 2. The van der Waals surface area contributed by atoms with Crippen molar-refractivity contribution >= 4 is 34.3 Å². The number of anilines is 1. The Labute approximate surface area is 150 Å². The maximum atomic E-state index is 12.3. The van der Waals surface area contributed by atoms with Gasteiger partial charge in [0.25, 0.3) is 0 Å². The predicted octanol–water partition coefficient (Wildman–Crippen LogP) is 3.17. The minimum Gasteiger partial charge on any atom is -0.465 e. The quantitative estimate of drug-likeness (QED) is 0.675. The first-order valence-corrected chi connectivity index (χ1v) is 8.85. The number of thiophene rings is 1. The average molecular weight is 356 g/mol. The van der Waals surface area contributed by atoms with Gasteiger partial charge in [-0.1, -0.05) is 30.3 Å². The van der Waals surface area contributed by atoms with Crippen LogP contribution in [0, 0.1) is 0 Å². The molecule has 0 saturated carbocycles. The molecule has 0 fully saturated rings. The number of hydrogen-bond acceptors (Lipinski definition) is 5. The Hall–Kier alpha value is -2.44. The lowest BCUT2D eigenvalue weighted by atomic mass is 10.0. The number of nitrogens with one attached hydrogen (secondary N) is 1. The molecule has 1 aliphatic heterocycles. The van der Waals surface area contributed by atoms with Crippen molar-refractivity contribution in [1.82, 2.24) is 4.90 Å². The molecule has 1 amide bonds. The average Bonchev–Trinajstić information content (AvgIpc) is 2.97. The minimum absolute atomic E-state index is 0.263. The molecular formula is C19H20N2O3S. The van der Waals surface area contributed by atoms with Gasteiger partial charge < -0.3 is 15.0 Å². The van der Waals surface area contributed by atoms with Gasteiger partial charge in [-0.25, -0.2) is 4.79 Å². The Kier molecular flexibility index (Phi) is 5.31. The summed E-state index contributed by atoms with van der Waals surface area (Å²) in [6, 6.07) is 9.59. The number of carbonyl (C=O) groups is 2. The van der Waals surface area contributed by atoms with Gasteiger partial charge in [-0.15, -0.1) is 11.3 Å². The molecule has 2 heterocycles. The van der Waals surface area contributed by atoms with Crippen LogP contribution in [0.25, 0.3) is 6.08 Å². The number of nitrogens with zero attached hydrogens (tertiary/aromatic N) is 1. The zero-order valence-electron chi connectivity index (χ0n) is 14.2. The molecule has 2 aromatic rings. The van der Waals surface area contributed by atoms with Crippen LogP contribution in [0.2, 0.25) is 0 Å². The van der Waals surface area contributed by atoms with E-state index in [-0.39, 0.29) is 5.91 Å². The van der Waals surface area contributed by atoms with Gasteiger partial charge in [0.05, 0.1) is 12.7 Å². The number of fused-ring (bicyclic) bond motifs is 1. The van der Waals surface area contributed by atoms with Crippen LogP contribution in [0.3, 0.4) is 0 Å². The molecule has 0 unspecified atom stereocenters. The molecule has 6 heteroatoms. The summed E-state index contributed by atoms with van der Waals surface area (Å²) < 4.78 is 4.92. The third-order valence-corrected chi connectivity index (χ3v) is 5.23. The summed E-state index contributed by atoms with van der Waals surface area (Å²) in [7, 11) is 3.41. The maximum Gasteiger partial charge on any atom is 0.341 e. The lowest BCUT2D eigenvalue weighted by molar-refractivity contribution is -0.111. The van der Waals surface area contributed by atoms with Gasteiger partial charge >= 0.3 is 5.97 Å². The third-order valence-electron chi connectivity index (χ3n) is 4.10. The van der Waals surface area contributed by atoms with E-state index in [1.807, 2.05) is 37.4 Å². The fourth-order valence-electron chi connectivity index (χ4n) is 2.83. The Bertz CT molecular complexity index is 812. The van der Waals surface area contributed by atoms with E-state index in [0.717, 1.165) is 35.5 Å². The van der Waals surface area contributed by atoms with E-state index in [1.165, 1.54) is 24.5 Å². The number of amides is 1. The van der Waals surface area contributed by atoms with Crippen molar-refractivity contribution in [2.24, 2.45) is 0 Å². The number of hydrogen-bond donors (Lipinski definition) is 1. The number of methoxy groups -OCH3 is 1. The van der Waals surface area contributed by atoms with Crippen molar-refractivity contribution in [1.29, 1.82) is 0 Å². The Morgan fingerprint density at radius 1 is 1.28 bits per heavy atom. The SMILES string of the molecule is COC(=O)c1c(NC(=O)/C=C\c2ccccc2)sc2c1CCN(C)C2. The molecule has 0 spiro atoms. The first kappa shape index (κ1) is 17.4. The van der Waals surface area contributed by atoms with Crippen LogP contribution >= 0.6 is 11.3 Å². The van der Waals surface area contributed by atoms with Crippen molar-refractivity contribution in [3.8, 4) is 0 Å². The fourth-order valence-corrected chi connectivity index (χ4v) is 4.15. The number of ether oxygens (including phenoxy) is 1. The van der Waals surface area contributed by atoms with Crippen molar-refractivity contribution in [3.63, 3.8) is 0 Å². The van der Waals surface area contributed by atoms with Gasteiger partial charge in [0.15, 0.2) is 0 Å². The highest BCUT2D eigenvalue weighted by Crippen LogP contribution is 2.37. The Morgan fingerprint density at radius 3 is 2.76 bits per heavy atom. The van der Waals surface area contributed by atoms with Gasteiger partial charge in [-0.05, 0) is 30.7 Å². The van der Waals surface area contributed by atoms with Crippen LogP contribution < -0.4 is 5.32 Å². The van der Waals surface area contributed by atoms with Crippen molar-refractivity contribution in [3.05, 3.63) is 58.0 Å². The third kappa shape index (κ3) is 3.97. The van der Waals surface area contributed by atoms with Gasteiger partial charge in [-0.3, -0.25) is 4.79 Å². The van der Waals surface area contributed by atoms with E-state index in [0.29, 0.717) is 10.6 Å². The standard InChI is InChI=1S/C19H20N2O3S/c1-21-11-10-14-15(12-21)25-18(17(14)19(23)24-2)20-16(22)9-8-13-6-4-3-5-7-13/h3-9H,10-12H2,1-2H3,(H,20,22)/b9-8-. The highest BCUT2D eigenvalue weighted by atomic mass is 32.1. The lowest BCUT2D eigenvalue weighted by Gasteiger charge is -2.22. The number of rotatable bonds is 4. The van der Waals surface area contributed by atoms with Crippen molar-refractivity contribution in [2.45, 2.75) is 13.0 Å². The fraction of sp³-hybridized carbons (Fsp3) is 0.263. The summed E-state index contributed by atoms with van der Waals surface area (Å²) in [5.41, 5.74) is 2.44. The lowest BCUT2D eigenvalue weighted by Crippen LogP contribution is -2.26. The topological polar surface area (TPSA) is 58.6 Å². The van der Waals surface area contributed by atoms with Crippen LogP contribution in [0.1, 0.15) is 26.4 Å². The molecule has 3 rings (SSSR count). The second-order valence-electron chi connectivity index (χ2n) is 5.92. The minimum atomic E-state index is -0.399. The van der Waals surface area contributed by atoms with Gasteiger partial charge in [0.2, 0.25) is 5.91 Å². The van der Waals surface area contributed by atoms with E-state index >= 15 is 0 Å². The Morgan fingerprint density at radius 2 is 2.04 bits per heavy atom. The summed E-state index contributed by atoms with van der Waals surface area (Å²) in [6.07, 6.45) is 4.00. The molecule has 1 aromatic carbocycles. The van der Waals surface area contributed by atoms with E-state index in [4.69, 9.17) is 4.74 Å². The zero-order valence-corrected chi connectivity index (χ0v) is 15.1. The maximum absolute atomic E-state index is 12.3. The van der Waals surface area contributed by atoms with Crippen molar-refractivity contribution < 1.29 is 14.3 Å². The second-order valence-corrected chi connectivity index (χ2v) is 7.03. The second kappa shape index (κ2) is 7.63. The monoisotopic (exact) mass is 356 g/mol. The smallest absolute Gasteiger partial charge is 0.341 e. The van der Waals surface area contributed by atoms with Gasteiger partial charge in [0, 0.05) is 24.0 Å². The summed E-state index contributed by atoms with van der Waals surface area (Å²) in [4.78, 5) is 27.8. The predicted molar refractivity (Wildman–Crippen MR) is 99.8 cm³/mol. The zero-order chi connectivity index (χ0) is 17.8. The highest BCUT2D eigenvalue weighted by molar-refractivity contribution is 7.17. The van der Waals surface area contributed by atoms with Crippen LogP contribution in [0.15, 0.2) is 36.4 Å². The number of likely N-dealkylation sites (N-methyl/N-ethyl adjacent to an activating group) is 1. The summed E-state index contributed by atoms with van der Waals surface area (Å²) >= 11 is 1.45. The molecule has 1 N–H and O–H groups in total. The molecule has 1 aliphatic rings. The van der Waals surface area contributed by atoms with E-state index in [9.17, 15) is 9.59 Å². The molecule has 0 radical (unpaired) electrons. The molecule has 1 aromatic heterocycles. The highest BCUT2D eigenvalue weighted by Gasteiger charge is 2.28. The van der Waals surface area contributed by atoms with Crippen LogP contribution in [-0.4, -0.2) is 37.5 Å². The van der Waals surface area contributed by atoms with E-state index in [1.54, 1.807) is 6.08 Å². The normalized spacial score (nSPS) is 14.3.